The number of hydrogen-bond acceptors (Lipinski definition) is 5. The Morgan fingerprint density at radius 3 is 2.52 bits per heavy atom. The summed E-state index contributed by atoms with van der Waals surface area (Å²) in [7, 11) is 0. The van der Waals surface area contributed by atoms with Gasteiger partial charge in [-0.25, -0.2) is 9.78 Å². The zero-order chi connectivity index (χ0) is 17.2. The Morgan fingerprint density at radius 2 is 2.00 bits per heavy atom. The summed E-state index contributed by atoms with van der Waals surface area (Å²) in [5.74, 6) is -1.03. The molecule has 0 aliphatic heterocycles. The summed E-state index contributed by atoms with van der Waals surface area (Å²) in [6.45, 7) is 7.33. The number of benzene rings is 1. The van der Waals surface area contributed by atoms with Crippen LogP contribution >= 0.6 is 27.3 Å². The molecule has 0 aliphatic rings. The van der Waals surface area contributed by atoms with E-state index in [9.17, 15) is 9.59 Å². The Morgan fingerprint density at radius 1 is 1.30 bits per heavy atom. The number of anilines is 1. The van der Waals surface area contributed by atoms with Crippen LogP contribution in [0.15, 0.2) is 34.1 Å². The SMILES string of the molecule is CC(=O)ON(C(=O)c1cccc(Br)c1)c1nc(C(C)(C)C)cs1. The molecule has 0 saturated carbocycles. The van der Waals surface area contributed by atoms with Crippen LogP contribution in [0, 0.1) is 0 Å². The standard InChI is InChI=1S/C16H17BrN2O3S/c1-10(20)22-19(14(21)11-6-5-7-12(17)8-11)15-18-13(9-23-15)16(2,3)4/h5-9H,1-4H3. The van der Waals surface area contributed by atoms with Gasteiger partial charge in [0.05, 0.1) is 5.69 Å². The first-order valence-corrected chi connectivity index (χ1v) is 8.60. The van der Waals surface area contributed by atoms with Gasteiger partial charge in [0.2, 0.25) is 5.13 Å². The summed E-state index contributed by atoms with van der Waals surface area (Å²) >= 11 is 4.58. The smallest absolute Gasteiger partial charge is 0.330 e. The maximum absolute atomic E-state index is 12.7. The lowest BCUT2D eigenvalue weighted by Crippen LogP contribution is -2.33. The van der Waals surface area contributed by atoms with E-state index in [1.807, 2.05) is 32.2 Å². The minimum Gasteiger partial charge on any atom is -0.331 e. The van der Waals surface area contributed by atoms with Gasteiger partial charge in [-0.15, -0.1) is 16.4 Å². The number of carbonyl (C=O) groups excluding carboxylic acids is 2. The first-order chi connectivity index (χ1) is 10.7. The molecule has 0 saturated heterocycles. The third kappa shape index (κ3) is 4.39. The van der Waals surface area contributed by atoms with Crippen molar-refractivity contribution in [3.8, 4) is 0 Å². The lowest BCUT2D eigenvalue weighted by atomic mass is 9.93. The lowest BCUT2D eigenvalue weighted by Gasteiger charge is -2.18. The van der Waals surface area contributed by atoms with E-state index in [-0.39, 0.29) is 5.41 Å². The quantitative estimate of drug-likeness (QED) is 0.708. The predicted molar refractivity (Wildman–Crippen MR) is 93.5 cm³/mol. The summed E-state index contributed by atoms with van der Waals surface area (Å²) in [4.78, 5) is 33.6. The van der Waals surface area contributed by atoms with Crippen molar-refractivity contribution in [3.05, 3.63) is 45.4 Å². The van der Waals surface area contributed by atoms with Crippen LogP contribution in [0.3, 0.4) is 0 Å². The van der Waals surface area contributed by atoms with Gasteiger partial charge in [0, 0.05) is 27.8 Å². The first-order valence-electron chi connectivity index (χ1n) is 6.93. The highest BCUT2D eigenvalue weighted by molar-refractivity contribution is 9.10. The topological polar surface area (TPSA) is 59.5 Å². The normalized spacial score (nSPS) is 11.2. The van der Waals surface area contributed by atoms with E-state index in [0.29, 0.717) is 10.7 Å². The predicted octanol–water partition coefficient (Wildman–Crippen LogP) is 4.33. The van der Waals surface area contributed by atoms with Crippen LogP contribution in [-0.2, 0) is 15.0 Å². The van der Waals surface area contributed by atoms with E-state index < -0.39 is 11.9 Å². The fourth-order valence-corrected chi connectivity index (χ4v) is 3.13. The number of hydrogen-bond donors (Lipinski definition) is 0. The summed E-state index contributed by atoms with van der Waals surface area (Å²) in [6.07, 6.45) is 0. The van der Waals surface area contributed by atoms with Gasteiger partial charge in [-0.3, -0.25) is 4.79 Å². The van der Waals surface area contributed by atoms with Gasteiger partial charge in [-0.2, -0.15) is 0 Å². The van der Waals surface area contributed by atoms with Crippen LogP contribution in [0.2, 0.25) is 0 Å². The van der Waals surface area contributed by atoms with Crippen molar-refractivity contribution in [1.29, 1.82) is 0 Å². The van der Waals surface area contributed by atoms with Crippen molar-refractivity contribution >= 4 is 44.3 Å². The van der Waals surface area contributed by atoms with Gasteiger partial charge < -0.3 is 4.84 Å². The highest BCUT2D eigenvalue weighted by atomic mass is 79.9. The zero-order valence-corrected chi connectivity index (χ0v) is 15.7. The van der Waals surface area contributed by atoms with E-state index in [1.54, 1.807) is 18.2 Å². The molecule has 7 heteroatoms. The Bertz CT molecular complexity index is 737. The van der Waals surface area contributed by atoms with Gasteiger partial charge in [-0.05, 0) is 18.2 Å². The third-order valence-electron chi connectivity index (χ3n) is 2.91. The van der Waals surface area contributed by atoms with Crippen molar-refractivity contribution in [3.63, 3.8) is 0 Å². The van der Waals surface area contributed by atoms with Crippen molar-refractivity contribution in [2.75, 3.05) is 5.06 Å². The minimum absolute atomic E-state index is 0.157. The molecule has 1 aromatic heterocycles. The number of thiazole rings is 1. The van der Waals surface area contributed by atoms with Crippen LogP contribution in [-0.4, -0.2) is 16.9 Å². The van der Waals surface area contributed by atoms with E-state index in [0.717, 1.165) is 15.2 Å². The number of rotatable bonds is 2. The molecule has 1 heterocycles. The molecule has 0 spiro atoms. The van der Waals surface area contributed by atoms with Crippen LogP contribution < -0.4 is 5.06 Å². The molecule has 0 aliphatic carbocycles. The number of nitrogens with zero attached hydrogens (tertiary/aromatic N) is 2. The molecule has 23 heavy (non-hydrogen) atoms. The zero-order valence-electron chi connectivity index (χ0n) is 13.3. The Kier molecular flexibility index (Phi) is 5.21. The van der Waals surface area contributed by atoms with Gasteiger partial charge >= 0.3 is 5.97 Å². The molecule has 0 unspecified atom stereocenters. The van der Waals surface area contributed by atoms with Gasteiger partial charge in [0.15, 0.2) is 0 Å². The average Bonchev–Trinajstić information content (AvgIpc) is 2.93. The number of aromatic nitrogens is 1. The summed E-state index contributed by atoms with van der Waals surface area (Å²) in [5.41, 5.74) is 1.07. The minimum atomic E-state index is -0.583. The van der Waals surface area contributed by atoms with E-state index in [2.05, 4.69) is 20.9 Å². The number of hydroxylamine groups is 1. The van der Waals surface area contributed by atoms with Crippen molar-refractivity contribution in [2.45, 2.75) is 33.1 Å². The monoisotopic (exact) mass is 396 g/mol. The van der Waals surface area contributed by atoms with Gasteiger partial charge in [0.25, 0.3) is 5.91 Å². The van der Waals surface area contributed by atoms with Crippen LogP contribution in [0.1, 0.15) is 43.7 Å². The van der Waals surface area contributed by atoms with E-state index >= 15 is 0 Å². The molecule has 2 rings (SSSR count). The second-order valence-electron chi connectivity index (χ2n) is 5.96. The molecule has 0 N–H and O–H groups in total. The molecule has 2 aromatic rings. The molecule has 1 aromatic carbocycles. The van der Waals surface area contributed by atoms with Crippen LogP contribution in [0.4, 0.5) is 5.13 Å². The largest absolute Gasteiger partial charge is 0.331 e. The fourth-order valence-electron chi connectivity index (χ4n) is 1.74. The number of amides is 1. The number of halogens is 1. The first kappa shape index (κ1) is 17.6. The molecule has 0 fully saturated rings. The molecule has 0 atom stereocenters. The van der Waals surface area contributed by atoms with Gasteiger partial charge in [0.1, 0.15) is 0 Å². The molecule has 122 valence electrons. The Labute approximate surface area is 147 Å². The molecule has 0 radical (unpaired) electrons. The lowest BCUT2D eigenvalue weighted by molar-refractivity contribution is -0.141. The molecule has 0 bridgehead atoms. The van der Waals surface area contributed by atoms with E-state index in [4.69, 9.17) is 4.84 Å². The van der Waals surface area contributed by atoms with Crippen molar-refractivity contribution in [2.24, 2.45) is 0 Å². The second-order valence-corrected chi connectivity index (χ2v) is 7.71. The number of carbonyl (C=O) groups is 2. The molecular weight excluding hydrogens is 380 g/mol. The average molecular weight is 397 g/mol. The molecular formula is C16H17BrN2O3S. The third-order valence-corrected chi connectivity index (χ3v) is 4.21. The van der Waals surface area contributed by atoms with Gasteiger partial charge in [-0.1, -0.05) is 42.8 Å². The van der Waals surface area contributed by atoms with E-state index in [1.165, 1.54) is 18.3 Å². The van der Waals surface area contributed by atoms with Crippen LogP contribution in [0.25, 0.3) is 0 Å². The van der Waals surface area contributed by atoms with Crippen molar-refractivity contribution in [1.82, 2.24) is 4.98 Å². The highest BCUT2D eigenvalue weighted by Gasteiger charge is 2.26. The summed E-state index contributed by atoms with van der Waals surface area (Å²) in [5, 5.41) is 3.14. The maximum Gasteiger partial charge on any atom is 0.330 e. The Balaban J connectivity index is 2.39. The summed E-state index contributed by atoms with van der Waals surface area (Å²) < 4.78 is 0.764. The molecule has 5 nitrogen and oxygen atoms in total. The highest BCUT2D eigenvalue weighted by Crippen LogP contribution is 2.30. The van der Waals surface area contributed by atoms with Crippen LogP contribution in [0.5, 0.6) is 0 Å². The summed E-state index contributed by atoms with van der Waals surface area (Å²) in [6, 6.07) is 6.87. The molecule has 1 amide bonds. The Hall–Kier alpha value is -1.73. The van der Waals surface area contributed by atoms with Crippen molar-refractivity contribution < 1.29 is 14.4 Å². The fraction of sp³-hybridized carbons (Fsp3) is 0.312. The second kappa shape index (κ2) is 6.80. The maximum atomic E-state index is 12.7.